The van der Waals surface area contributed by atoms with Gasteiger partial charge in [-0.15, -0.1) is 0 Å². The van der Waals surface area contributed by atoms with Gasteiger partial charge in [-0.05, 0) is 0 Å². The predicted molar refractivity (Wildman–Crippen MR) is 107 cm³/mol. The summed E-state index contributed by atoms with van der Waals surface area (Å²) >= 11 is -2.20. The predicted octanol–water partition coefficient (Wildman–Crippen LogP) is 6.68. The van der Waals surface area contributed by atoms with Crippen LogP contribution in [0.15, 0.2) is 0 Å². The van der Waals surface area contributed by atoms with Crippen LogP contribution in [0, 0.1) is 7.11 Å². The molecule has 0 aliphatic carbocycles. The molecule has 0 saturated carbocycles. The Bertz CT molecular complexity index is 226. The molecule has 0 aromatic rings. The maximum absolute atomic E-state index is 5.53. The number of hydrogen-bond donors (Lipinski definition) is 1. The van der Waals surface area contributed by atoms with E-state index in [9.17, 15) is 0 Å². The molecule has 23 heavy (non-hydrogen) atoms. The van der Waals surface area contributed by atoms with E-state index < -0.39 is 18.7 Å². The summed E-state index contributed by atoms with van der Waals surface area (Å²) in [5.41, 5.74) is 0. The molecule has 0 bridgehead atoms. The van der Waals surface area contributed by atoms with E-state index in [4.69, 9.17) is 4.74 Å². The normalized spacial score (nSPS) is 13.4. The van der Waals surface area contributed by atoms with Gasteiger partial charge in [-0.25, -0.2) is 0 Å². The summed E-state index contributed by atoms with van der Waals surface area (Å²) in [6, 6.07) is 0. The van der Waals surface area contributed by atoms with Crippen molar-refractivity contribution in [1.29, 1.82) is 0 Å². The third-order valence-corrected chi connectivity index (χ3v) is 19.0. The van der Waals surface area contributed by atoms with Crippen LogP contribution in [-0.2, 0) is 4.74 Å². The van der Waals surface area contributed by atoms with Crippen LogP contribution in [-0.4, -0.2) is 31.3 Å². The van der Waals surface area contributed by atoms with Crippen molar-refractivity contribution in [3.05, 3.63) is 7.11 Å². The fourth-order valence-corrected chi connectivity index (χ4v) is 17.7. The molecule has 3 heteroatoms. The minimum absolute atomic E-state index is 0.322. The fraction of sp³-hybridized carbons (Fsp3) is 0.950. The summed E-state index contributed by atoms with van der Waals surface area (Å²) in [5.74, 6) is 0. The van der Waals surface area contributed by atoms with E-state index in [2.05, 4.69) is 38.3 Å². The first kappa shape index (κ1) is 23.7. The van der Waals surface area contributed by atoms with E-state index in [-0.39, 0.29) is 0 Å². The Kier molecular flexibility index (Phi) is 16.7. The third-order valence-electron chi connectivity index (χ3n) is 5.10. The number of rotatable bonds is 17. The van der Waals surface area contributed by atoms with Gasteiger partial charge < -0.3 is 0 Å². The second-order valence-electron chi connectivity index (χ2n) is 7.26. The van der Waals surface area contributed by atoms with Crippen molar-refractivity contribution in [3.63, 3.8) is 0 Å². The average molecular weight is 433 g/mol. The zero-order valence-corrected chi connectivity index (χ0v) is 19.4. The summed E-state index contributed by atoms with van der Waals surface area (Å²) in [4.78, 5) is 0. The molecule has 0 aromatic heterocycles. The Morgan fingerprint density at radius 1 is 0.783 bits per heavy atom. The fourth-order valence-electron chi connectivity index (χ4n) is 3.38. The number of unbranched alkanes of at least 4 members (excludes halogenated alkanes) is 5. The topological polar surface area (TPSA) is 21.3 Å². The molecule has 0 fully saturated rings. The first-order valence-corrected chi connectivity index (χ1v) is 17.8. The van der Waals surface area contributed by atoms with Crippen LogP contribution in [0.5, 0.6) is 0 Å². The molecule has 2 nitrogen and oxygen atoms in total. The van der Waals surface area contributed by atoms with Gasteiger partial charge in [0.25, 0.3) is 0 Å². The summed E-state index contributed by atoms with van der Waals surface area (Å²) in [6.07, 6.45) is 13.6. The molecule has 0 aliphatic heterocycles. The molecule has 1 N–H and O–H groups in total. The van der Waals surface area contributed by atoms with Crippen molar-refractivity contribution in [3.8, 4) is 0 Å². The monoisotopic (exact) mass is 434 g/mol. The zero-order chi connectivity index (χ0) is 17.4. The number of nitrogens with one attached hydrogen (secondary N) is 1. The van der Waals surface area contributed by atoms with Crippen molar-refractivity contribution in [2.45, 2.75) is 111 Å². The van der Waals surface area contributed by atoms with Crippen molar-refractivity contribution >= 4 is 18.7 Å². The van der Waals surface area contributed by atoms with Crippen LogP contribution in [0.2, 0.25) is 13.3 Å². The Morgan fingerprint density at radius 3 is 1.65 bits per heavy atom. The van der Waals surface area contributed by atoms with Crippen LogP contribution >= 0.6 is 0 Å². The van der Waals surface area contributed by atoms with Gasteiger partial charge in [-0.1, -0.05) is 0 Å². The van der Waals surface area contributed by atoms with Crippen molar-refractivity contribution in [2.24, 2.45) is 0 Å². The molecule has 0 rings (SSSR count). The Labute approximate surface area is 151 Å². The maximum atomic E-state index is 5.53. The summed E-state index contributed by atoms with van der Waals surface area (Å²) in [7, 11) is 3.74. The van der Waals surface area contributed by atoms with E-state index in [0.29, 0.717) is 6.10 Å². The van der Waals surface area contributed by atoms with Gasteiger partial charge in [-0.2, -0.15) is 0 Å². The molecule has 0 aliphatic rings. The Balaban J connectivity index is 4.64. The van der Waals surface area contributed by atoms with E-state index in [1.807, 2.05) is 0 Å². The van der Waals surface area contributed by atoms with Gasteiger partial charge in [0.1, 0.15) is 0 Å². The summed E-state index contributed by atoms with van der Waals surface area (Å²) < 4.78 is 14.2. The van der Waals surface area contributed by atoms with Gasteiger partial charge in [0.15, 0.2) is 0 Å². The summed E-state index contributed by atoms with van der Waals surface area (Å²) in [5, 5.41) is 0. The van der Waals surface area contributed by atoms with Crippen molar-refractivity contribution in [1.82, 2.24) is 3.54 Å². The van der Waals surface area contributed by atoms with E-state index >= 15 is 0 Å². The van der Waals surface area contributed by atoms with Crippen LogP contribution in [0.25, 0.3) is 0 Å². The van der Waals surface area contributed by atoms with E-state index in [0.717, 1.165) is 6.54 Å². The standard InChI is InChI=1S/C8H17NO.3C4H9.Sn/c1-3-4-5-6-8(7-9)10-2;3*1-3-4-2;/h8-9H,2-7H2,1H3;3*1,3-4H2,2H3;/q-1;;;;+1. The number of hydrogen-bond acceptors (Lipinski definition) is 2. The van der Waals surface area contributed by atoms with Crippen molar-refractivity contribution in [2.75, 3.05) is 6.54 Å². The quantitative estimate of drug-likeness (QED) is 0.204. The molecule has 1 atom stereocenters. The second kappa shape index (κ2) is 16.2. The first-order valence-electron chi connectivity index (χ1n) is 10.3. The zero-order valence-electron chi connectivity index (χ0n) is 16.6. The molecule has 1 radical (unpaired) electrons. The molecular formula is C20H44NOSn. The van der Waals surface area contributed by atoms with E-state index in [1.54, 1.807) is 0 Å². The van der Waals surface area contributed by atoms with Crippen LogP contribution in [0.4, 0.5) is 0 Å². The third kappa shape index (κ3) is 11.8. The number of ether oxygens (including phenoxy) is 1. The molecule has 1 unspecified atom stereocenters. The van der Waals surface area contributed by atoms with Gasteiger partial charge >= 0.3 is 152 Å². The minimum atomic E-state index is -2.20. The SMILES string of the molecule is [CH2]OC(CCCCC)C[NH][Sn]([CH2]CCC)([CH2]CCC)[CH2]CCC. The van der Waals surface area contributed by atoms with Crippen molar-refractivity contribution < 1.29 is 4.74 Å². The van der Waals surface area contributed by atoms with Gasteiger partial charge in [0, 0.05) is 0 Å². The van der Waals surface area contributed by atoms with Gasteiger partial charge in [-0.3, -0.25) is 0 Å². The van der Waals surface area contributed by atoms with E-state index in [1.165, 1.54) is 77.5 Å². The molecule has 0 aromatic carbocycles. The molecule has 0 heterocycles. The molecule has 0 saturated heterocycles. The molecule has 139 valence electrons. The Hall–Kier alpha value is 0.719. The first-order chi connectivity index (χ1) is 11.2. The van der Waals surface area contributed by atoms with Gasteiger partial charge in [0.05, 0.1) is 0 Å². The van der Waals surface area contributed by atoms with Crippen LogP contribution in [0.3, 0.4) is 0 Å². The molecule has 0 amide bonds. The second-order valence-corrected chi connectivity index (χ2v) is 19.9. The van der Waals surface area contributed by atoms with Crippen LogP contribution in [0.1, 0.15) is 91.9 Å². The van der Waals surface area contributed by atoms with Gasteiger partial charge in [0.2, 0.25) is 0 Å². The Morgan fingerprint density at radius 2 is 1.26 bits per heavy atom. The molecular weight excluding hydrogens is 389 g/mol. The average Bonchev–Trinajstić information content (AvgIpc) is 2.58. The van der Waals surface area contributed by atoms with Crippen LogP contribution < -0.4 is 3.54 Å². The molecule has 0 spiro atoms. The summed E-state index contributed by atoms with van der Waals surface area (Å²) in [6.45, 7) is 10.3.